The molecule has 20 heavy (non-hydrogen) atoms. The van der Waals surface area contributed by atoms with Crippen LogP contribution < -0.4 is 10.1 Å². The van der Waals surface area contributed by atoms with Gasteiger partial charge in [-0.3, -0.25) is 4.79 Å². The molecule has 0 spiro atoms. The number of hydrogen-bond donors (Lipinski definition) is 1. The fraction of sp³-hybridized carbons (Fsp3) is 0.133. The van der Waals surface area contributed by atoms with Gasteiger partial charge in [-0.25, -0.2) is 0 Å². The highest BCUT2D eigenvalue weighted by atomic mass is 79.9. The molecule has 0 saturated heterocycles. The van der Waals surface area contributed by atoms with Gasteiger partial charge in [-0.05, 0) is 39.7 Å². The first-order valence-electron chi connectivity index (χ1n) is 6.14. The zero-order chi connectivity index (χ0) is 14.1. The van der Waals surface area contributed by atoms with E-state index in [2.05, 4.69) is 21.2 Å². The van der Waals surface area contributed by atoms with E-state index in [1.54, 1.807) is 18.2 Å². The van der Waals surface area contributed by atoms with Gasteiger partial charge in [0.05, 0.1) is 15.2 Å². The minimum Gasteiger partial charge on any atom is -0.480 e. The molecule has 0 fully saturated rings. The largest absolute Gasteiger partial charge is 0.480 e. The molecule has 5 heteroatoms. The summed E-state index contributed by atoms with van der Waals surface area (Å²) in [6.45, 7) is 0. The molecule has 1 unspecified atom stereocenters. The summed E-state index contributed by atoms with van der Waals surface area (Å²) < 4.78 is 6.32. The van der Waals surface area contributed by atoms with E-state index in [9.17, 15) is 4.79 Å². The van der Waals surface area contributed by atoms with Crippen molar-refractivity contribution in [3.8, 4) is 5.75 Å². The Kier molecular flexibility index (Phi) is 3.68. The van der Waals surface area contributed by atoms with Crippen molar-refractivity contribution in [2.75, 3.05) is 5.32 Å². The molecule has 0 radical (unpaired) electrons. The van der Waals surface area contributed by atoms with E-state index in [4.69, 9.17) is 16.3 Å². The number of fused-ring (bicyclic) bond motifs is 1. The number of halogens is 2. The maximum absolute atomic E-state index is 12.2. The summed E-state index contributed by atoms with van der Waals surface area (Å²) in [5, 5.41) is 3.39. The Morgan fingerprint density at radius 3 is 2.85 bits per heavy atom. The summed E-state index contributed by atoms with van der Waals surface area (Å²) in [5.74, 6) is 0.599. The number of carbonyl (C=O) groups is 1. The van der Waals surface area contributed by atoms with Crippen LogP contribution in [0.5, 0.6) is 5.75 Å². The topological polar surface area (TPSA) is 38.3 Å². The summed E-state index contributed by atoms with van der Waals surface area (Å²) >= 11 is 9.36. The van der Waals surface area contributed by atoms with Crippen LogP contribution in [0.15, 0.2) is 46.9 Å². The number of anilines is 1. The van der Waals surface area contributed by atoms with E-state index in [1.165, 1.54) is 0 Å². The Hall–Kier alpha value is -1.52. The van der Waals surface area contributed by atoms with Gasteiger partial charge >= 0.3 is 0 Å². The summed E-state index contributed by atoms with van der Waals surface area (Å²) in [6.07, 6.45) is 0.0819. The van der Waals surface area contributed by atoms with Crippen molar-refractivity contribution in [1.29, 1.82) is 0 Å². The number of para-hydroxylation sites is 1. The van der Waals surface area contributed by atoms with Crippen molar-refractivity contribution in [2.24, 2.45) is 0 Å². The molecular weight excluding hydrogens is 342 g/mol. The number of amides is 1. The van der Waals surface area contributed by atoms with Crippen LogP contribution in [0, 0.1) is 0 Å². The first kappa shape index (κ1) is 13.5. The Balaban J connectivity index is 1.74. The molecule has 0 aliphatic carbocycles. The predicted octanol–water partition coefficient (Wildman–Crippen LogP) is 4.04. The summed E-state index contributed by atoms with van der Waals surface area (Å²) in [4.78, 5) is 12.2. The third-order valence-corrected chi connectivity index (χ3v) is 4.55. The predicted molar refractivity (Wildman–Crippen MR) is 82.3 cm³/mol. The Bertz CT molecular complexity index is 650. The van der Waals surface area contributed by atoms with Crippen LogP contribution in [0.25, 0.3) is 0 Å². The standard InChI is InChI=1S/C15H11BrClNO2/c16-14-10(17)5-3-6-11(14)18-15(19)13-8-9-4-1-2-7-12(9)20-13/h1-7,13H,8H2,(H,18,19). The van der Waals surface area contributed by atoms with Gasteiger partial charge in [0, 0.05) is 6.42 Å². The van der Waals surface area contributed by atoms with Gasteiger partial charge in [0.1, 0.15) is 5.75 Å². The van der Waals surface area contributed by atoms with Gasteiger partial charge in [0.15, 0.2) is 6.10 Å². The fourth-order valence-corrected chi connectivity index (χ4v) is 2.68. The quantitative estimate of drug-likeness (QED) is 0.885. The van der Waals surface area contributed by atoms with E-state index in [0.717, 1.165) is 11.3 Å². The monoisotopic (exact) mass is 351 g/mol. The lowest BCUT2D eigenvalue weighted by Gasteiger charge is -2.13. The number of hydrogen-bond acceptors (Lipinski definition) is 2. The zero-order valence-electron chi connectivity index (χ0n) is 10.4. The van der Waals surface area contributed by atoms with E-state index in [-0.39, 0.29) is 5.91 Å². The number of carbonyl (C=O) groups excluding carboxylic acids is 1. The van der Waals surface area contributed by atoms with E-state index >= 15 is 0 Å². The molecule has 3 nitrogen and oxygen atoms in total. The van der Waals surface area contributed by atoms with Crippen LogP contribution in [0.2, 0.25) is 5.02 Å². The Morgan fingerprint density at radius 2 is 2.05 bits per heavy atom. The number of benzene rings is 2. The third kappa shape index (κ3) is 2.53. The lowest BCUT2D eigenvalue weighted by molar-refractivity contribution is -0.122. The Morgan fingerprint density at radius 1 is 1.25 bits per heavy atom. The van der Waals surface area contributed by atoms with E-state index in [1.807, 2.05) is 24.3 Å². The molecule has 102 valence electrons. The summed E-state index contributed by atoms with van der Waals surface area (Å²) in [5.41, 5.74) is 1.69. The first-order valence-corrected chi connectivity index (χ1v) is 7.31. The fourth-order valence-electron chi connectivity index (χ4n) is 2.14. The van der Waals surface area contributed by atoms with Gasteiger partial charge < -0.3 is 10.1 Å². The molecule has 2 aromatic carbocycles. The average Bonchev–Trinajstić information content (AvgIpc) is 2.88. The molecule has 0 saturated carbocycles. The first-order chi connectivity index (χ1) is 9.65. The molecule has 1 atom stereocenters. The zero-order valence-corrected chi connectivity index (χ0v) is 12.7. The molecule has 1 heterocycles. The Labute approximate surface area is 130 Å². The lowest BCUT2D eigenvalue weighted by atomic mass is 10.1. The summed E-state index contributed by atoms with van der Waals surface area (Å²) in [7, 11) is 0. The van der Waals surface area contributed by atoms with Crippen LogP contribution >= 0.6 is 27.5 Å². The normalized spacial score (nSPS) is 16.4. The average molecular weight is 353 g/mol. The molecule has 1 aliphatic rings. The van der Waals surface area contributed by atoms with Gasteiger partial charge in [0.25, 0.3) is 5.91 Å². The molecule has 2 aromatic rings. The van der Waals surface area contributed by atoms with Gasteiger partial charge in [0.2, 0.25) is 0 Å². The van der Waals surface area contributed by atoms with Crippen molar-refractivity contribution in [2.45, 2.75) is 12.5 Å². The third-order valence-electron chi connectivity index (χ3n) is 3.15. The highest BCUT2D eigenvalue weighted by Gasteiger charge is 2.29. The second kappa shape index (κ2) is 5.46. The smallest absolute Gasteiger partial charge is 0.265 e. The molecule has 3 rings (SSSR count). The van der Waals surface area contributed by atoms with Gasteiger partial charge in [-0.2, -0.15) is 0 Å². The van der Waals surface area contributed by atoms with Crippen LogP contribution in [0.4, 0.5) is 5.69 Å². The maximum Gasteiger partial charge on any atom is 0.265 e. The van der Waals surface area contributed by atoms with Gasteiger partial charge in [-0.1, -0.05) is 35.9 Å². The number of rotatable bonds is 2. The SMILES string of the molecule is O=C(Nc1cccc(Cl)c1Br)C1Cc2ccccc2O1. The highest BCUT2D eigenvalue weighted by Crippen LogP contribution is 2.32. The second-order valence-electron chi connectivity index (χ2n) is 4.51. The van der Waals surface area contributed by atoms with E-state index < -0.39 is 6.10 Å². The van der Waals surface area contributed by atoms with Crippen molar-refractivity contribution in [1.82, 2.24) is 0 Å². The molecule has 0 aromatic heterocycles. The van der Waals surface area contributed by atoms with Crippen molar-refractivity contribution in [3.63, 3.8) is 0 Å². The minimum atomic E-state index is -0.502. The van der Waals surface area contributed by atoms with Crippen molar-refractivity contribution >= 4 is 39.1 Å². The number of nitrogens with one attached hydrogen (secondary N) is 1. The molecule has 1 aliphatic heterocycles. The number of ether oxygens (including phenoxy) is 1. The molecule has 1 N–H and O–H groups in total. The maximum atomic E-state index is 12.2. The minimum absolute atomic E-state index is 0.177. The molecule has 1 amide bonds. The summed E-state index contributed by atoms with van der Waals surface area (Å²) in [6, 6.07) is 13.0. The van der Waals surface area contributed by atoms with Crippen LogP contribution in [0.1, 0.15) is 5.56 Å². The van der Waals surface area contributed by atoms with Crippen LogP contribution in [0.3, 0.4) is 0 Å². The van der Waals surface area contributed by atoms with Crippen LogP contribution in [-0.4, -0.2) is 12.0 Å². The second-order valence-corrected chi connectivity index (χ2v) is 5.71. The lowest BCUT2D eigenvalue weighted by Crippen LogP contribution is -2.31. The highest BCUT2D eigenvalue weighted by molar-refractivity contribution is 9.10. The molecular formula is C15H11BrClNO2. The molecule has 0 bridgehead atoms. The van der Waals surface area contributed by atoms with Crippen LogP contribution in [-0.2, 0) is 11.2 Å². The van der Waals surface area contributed by atoms with E-state index in [0.29, 0.717) is 21.6 Å². The van der Waals surface area contributed by atoms with Crippen molar-refractivity contribution in [3.05, 3.63) is 57.5 Å². The van der Waals surface area contributed by atoms with Crippen molar-refractivity contribution < 1.29 is 9.53 Å². The van der Waals surface area contributed by atoms with Gasteiger partial charge in [-0.15, -0.1) is 0 Å².